The van der Waals surface area contributed by atoms with E-state index in [0.29, 0.717) is 47.9 Å². The van der Waals surface area contributed by atoms with Gasteiger partial charge >= 0.3 is 12.1 Å². The standard InChI is InChI=1S/C27H31F3N4O4/c1-14-10-22(25(35)36)32-26(31-14)34-16-8-9-17(34)12-18(11-16)37-13-20-23(33-38-24(20)15-6-7-15)19-4-2-3-5-21(19)27(28,29)30/h10-11,15-17,19,21H,2-9,12-13H2,1H3,(H,35,36)/t16-,17?,19?,21?/m0/s1. The normalized spacial score (nSPS) is 27.4. The number of carbonyl (C=O) groups is 1. The van der Waals surface area contributed by atoms with Crippen LogP contribution in [-0.2, 0) is 11.3 Å². The third kappa shape index (κ3) is 4.75. The molecule has 38 heavy (non-hydrogen) atoms. The zero-order valence-corrected chi connectivity index (χ0v) is 21.2. The highest BCUT2D eigenvalue weighted by Crippen LogP contribution is 2.50. The maximum absolute atomic E-state index is 13.9. The van der Waals surface area contributed by atoms with Gasteiger partial charge in [-0.1, -0.05) is 18.0 Å². The summed E-state index contributed by atoms with van der Waals surface area (Å²) in [7, 11) is 0. The third-order valence-electron chi connectivity index (χ3n) is 8.39. The molecule has 3 fully saturated rings. The number of aryl methyl sites for hydroxylation is 1. The molecule has 4 atom stereocenters. The maximum atomic E-state index is 13.9. The average Bonchev–Trinajstić information content (AvgIpc) is 3.57. The Bertz CT molecular complexity index is 1260. The van der Waals surface area contributed by atoms with Gasteiger partial charge in [0.1, 0.15) is 12.4 Å². The van der Waals surface area contributed by atoms with Gasteiger partial charge in [-0.25, -0.2) is 14.8 Å². The van der Waals surface area contributed by atoms with E-state index in [4.69, 9.17) is 9.26 Å². The van der Waals surface area contributed by atoms with Gasteiger partial charge in [0.2, 0.25) is 5.95 Å². The third-order valence-corrected chi connectivity index (χ3v) is 8.39. The highest BCUT2D eigenvalue weighted by molar-refractivity contribution is 5.85. The topological polar surface area (TPSA) is 102 Å². The van der Waals surface area contributed by atoms with Gasteiger partial charge in [-0.3, -0.25) is 0 Å². The van der Waals surface area contributed by atoms with Gasteiger partial charge in [0, 0.05) is 30.0 Å². The van der Waals surface area contributed by atoms with Crippen LogP contribution in [0.3, 0.4) is 0 Å². The smallest absolute Gasteiger partial charge is 0.392 e. The van der Waals surface area contributed by atoms with Crippen molar-refractivity contribution in [3.8, 4) is 0 Å². The van der Waals surface area contributed by atoms with E-state index in [9.17, 15) is 23.1 Å². The molecule has 4 heterocycles. The number of alkyl halides is 3. The van der Waals surface area contributed by atoms with Crippen LogP contribution in [-0.4, -0.2) is 44.5 Å². The first-order valence-corrected chi connectivity index (χ1v) is 13.4. The fraction of sp³-hybridized carbons (Fsp3) is 0.630. The number of aromatic carboxylic acids is 1. The quantitative estimate of drug-likeness (QED) is 0.462. The minimum absolute atomic E-state index is 0.0367. The van der Waals surface area contributed by atoms with Crippen LogP contribution < -0.4 is 4.90 Å². The van der Waals surface area contributed by atoms with Crippen molar-refractivity contribution in [1.29, 1.82) is 0 Å². The zero-order valence-electron chi connectivity index (χ0n) is 21.2. The summed E-state index contributed by atoms with van der Waals surface area (Å²) in [5, 5.41) is 13.6. The number of carboxylic acid groups (broad SMARTS) is 1. The highest BCUT2D eigenvalue weighted by Gasteiger charge is 2.48. The summed E-state index contributed by atoms with van der Waals surface area (Å²) in [5.74, 6) is -1.13. The molecule has 1 saturated heterocycles. The van der Waals surface area contributed by atoms with Crippen molar-refractivity contribution in [2.75, 3.05) is 4.90 Å². The average molecular weight is 533 g/mol. The summed E-state index contributed by atoms with van der Waals surface area (Å²) in [4.78, 5) is 22.3. The van der Waals surface area contributed by atoms with Gasteiger partial charge in [0.05, 0.1) is 29.0 Å². The molecule has 8 nitrogen and oxygen atoms in total. The molecular formula is C27H31F3N4O4. The van der Waals surface area contributed by atoms with Crippen molar-refractivity contribution in [2.45, 2.75) is 101 Å². The van der Waals surface area contributed by atoms with E-state index in [2.05, 4.69) is 20.0 Å². The molecule has 0 radical (unpaired) electrons. The summed E-state index contributed by atoms with van der Waals surface area (Å²) in [5.41, 5.74) is 1.66. The Labute approximate surface area is 218 Å². The van der Waals surface area contributed by atoms with Gasteiger partial charge in [0.15, 0.2) is 5.69 Å². The molecule has 2 bridgehead atoms. The molecule has 2 aliphatic heterocycles. The van der Waals surface area contributed by atoms with E-state index in [1.54, 1.807) is 6.92 Å². The SMILES string of the molecule is Cc1cc(C(=O)O)nc(N2C3CC[C@H]2C=C(OCc2c(C4CCCCC4C(F)(F)F)noc2C2CC2)C3)n1. The molecule has 0 aromatic carbocycles. The van der Waals surface area contributed by atoms with Crippen molar-refractivity contribution < 1.29 is 32.3 Å². The van der Waals surface area contributed by atoms with Crippen LogP contribution in [0.1, 0.15) is 103 Å². The van der Waals surface area contributed by atoms with E-state index in [-0.39, 0.29) is 36.7 Å². The number of nitrogens with zero attached hydrogens (tertiary/aromatic N) is 4. The number of halogens is 3. The van der Waals surface area contributed by atoms with E-state index < -0.39 is 24.0 Å². The van der Waals surface area contributed by atoms with Crippen LogP contribution in [0.25, 0.3) is 0 Å². The van der Waals surface area contributed by atoms with Gasteiger partial charge in [0.25, 0.3) is 0 Å². The van der Waals surface area contributed by atoms with Crippen molar-refractivity contribution in [3.63, 3.8) is 0 Å². The van der Waals surface area contributed by atoms with Gasteiger partial charge in [-0.2, -0.15) is 13.2 Å². The van der Waals surface area contributed by atoms with E-state index in [0.717, 1.165) is 37.9 Å². The minimum Gasteiger partial charge on any atom is -0.493 e. The molecule has 2 aromatic heterocycles. The minimum atomic E-state index is -4.27. The number of carboxylic acids is 1. The Morgan fingerprint density at radius 3 is 2.66 bits per heavy atom. The number of ether oxygens (including phenoxy) is 1. The van der Waals surface area contributed by atoms with E-state index in [1.165, 1.54) is 6.07 Å². The van der Waals surface area contributed by atoms with Crippen LogP contribution in [0.5, 0.6) is 0 Å². The first-order chi connectivity index (χ1) is 18.2. The number of fused-ring (bicyclic) bond motifs is 2. The zero-order chi connectivity index (χ0) is 26.6. The largest absolute Gasteiger partial charge is 0.493 e. The Kier molecular flexibility index (Phi) is 6.34. The molecular weight excluding hydrogens is 501 g/mol. The molecule has 6 rings (SSSR count). The van der Waals surface area contributed by atoms with Crippen LogP contribution in [0.15, 0.2) is 22.4 Å². The molecule has 204 valence electrons. The molecule has 0 spiro atoms. The van der Waals surface area contributed by atoms with Crippen molar-refractivity contribution in [2.24, 2.45) is 5.92 Å². The van der Waals surface area contributed by atoms with Crippen LogP contribution in [0.2, 0.25) is 0 Å². The first kappa shape index (κ1) is 25.2. The first-order valence-electron chi connectivity index (χ1n) is 13.4. The fourth-order valence-corrected chi connectivity index (χ4v) is 6.44. The Balaban J connectivity index is 1.23. The van der Waals surface area contributed by atoms with Crippen molar-refractivity contribution >= 4 is 11.9 Å². The monoisotopic (exact) mass is 532 g/mol. The molecule has 2 saturated carbocycles. The summed E-state index contributed by atoms with van der Waals surface area (Å²) >= 11 is 0. The number of aromatic nitrogens is 3. The van der Waals surface area contributed by atoms with Crippen LogP contribution >= 0.6 is 0 Å². The molecule has 3 unspecified atom stereocenters. The van der Waals surface area contributed by atoms with Crippen LogP contribution in [0, 0.1) is 12.8 Å². The molecule has 2 aliphatic carbocycles. The number of hydrogen-bond acceptors (Lipinski definition) is 7. The molecule has 11 heteroatoms. The predicted molar refractivity (Wildman–Crippen MR) is 130 cm³/mol. The van der Waals surface area contributed by atoms with E-state index in [1.807, 2.05) is 6.08 Å². The highest BCUT2D eigenvalue weighted by atomic mass is 19.4. The number of hydrogen-bond donors (Lipinski definition) is 1. The number of anilines is 1. The Hall–Kier alpha value is -3.11. The second-order valence-electron chi connectivity index (χ2n) is 11.1. The molecule has 1 N–H and O–H groups in total. The summed E-state index contributed by atoms with van der Waals surface area (Å²) in [6.07, 6.45) is 3.87. The van der Waals surface area contributed by atoms with Gasteiger partial charge in [-0.05, 0) is 57.6 Å². The predicted octanol–water partition coefficient (Wildman–Crippen LogP) is 6.03. The van der Waals surface area contributed by atoms with Gasteiger partial charge in [-0.15, -0.1) is 0 Å². The second kappa shape index (κ2) is 9.57. The lowest BCUT2D eigenvalue weighted by molar-refractivity contribution is -0.187. The lowest BCUT2D eigenvalue weighted by Crippen LogP contribution is -2.40. The lowest BCUT2D eigenvalue weighted by atomic mass is 9.76. The summed E-state index contributed by atoms with van der Waals surface area (Å²) < 4.78 is 53.6. The molecule has 4 aliphatic rings. The van der Waals surface area contributed by atoms with Gasteiger partial charge < -0.3 is 19.3 Å². The molecule has 2 aromatic rings. The van der Waals surface area contributed by atoms with E-state index >= 15 is 0 Å². The Morgan fingerprint density at radius 2 is 1.95 bits per heavy atom. The summed E-state index contributed by atoms with van der Waals surface area (Å²) in [6, 6.07) is 1.47. The lowest BCUT2D eigenvalue weighted by Gasteiger charge is -2.34. The van der Waals surface area contributed by atoms with Crippen LogP contribution in [0.4, 0.5) is 19.1 Å². The maximum Gasteiger partial charge on any atom is 0.392 e. The number of rotatable bonds is 7. The second-order valence-corrected chi connectivity index (χ2v) is 11.1. The van der Waals surface area contributed by atoms with Crippen molar-refractivity contribution in [3.05, 3.63) is 46.3 Å². The fourth-order valence-electron chi connectivity index (χ4n) is 6.44. The van der Waals surface area contributed by atoms with Crippen molar-refractivity contribution in [1.82, 2.24) is 15.1 Å². The summed E-state index contributed by atoms with van der Waals surface area (Å²) in [6.45, 7) is 1.89. The molecule has 0 amide bonds. The Morgan fingerprint density at radius 1 is 1.16 bits per heavy atom.